The van der Waals surface area contributed by atoms with Gasteiger partial charge in [-0.3, -0.25) is 0 Å². The minimum absolute atomic E-state index is 0. The Hall–Kier alpha value is -0.480. The molecule has 0 aromatic heterocycles. The molecule has 2 heterocycles. The second-order valence-corrected chi connectivity index (χ2v) is 5.37. The molecule has 0 bridgehead atoms. The van der Waals surface area contributed by atoms with E-state index in [-0.39, 0.29) is 18.0 Å². The number of hydrogen-bond acceptors (Lipinski definition) is 3. The van der Waals surface area contributed by atoms with E-state index < -0.39 is 6.10 Å². The first-order chi connectivity index (χ1) is 8.19. The molecule has 1 saturated heterocycles. The third-order valence-electron chi connectivity index (χ3n) is 3.74. The van der Waals surface area contributed by atoms with E-state index >= 15 is 0 Å². The molecule has 2 aliphatic heterocycles. The van der Waals surface area contributed by atoms with E-state index in [0.29, 0.717) is 11.4 Å². The molecule has 1 fully saturated rings. The van der Waals surface area contributed by atoms with Gasteiger partial charge in [0.25, 0.3) is 0 Å². The van der Waals surface area contributed by atoms with E-state index in [1.165, 1.54) is 0 Å². The molecule has 3 rings (SSSR count). The maximum Gasteiger partial charge on any atom is 0.126 e. The van der Waals surface area contributed by atoms with Crippen LogP contribution in [0.4, 0.5) is 0 Å². The lowest BCUT2D eigenvalue weighted by molar-refractivity contribution is -0.0336. The number of piperidine rings is 1. The van der Waals surface area contributed by atoms with Crippen LogP contribution in [-0.4, -0.2) is 23.8 Å². The molecule has 3 nitrogen and oxygen atoms in total. The molecule has 0 saturated carbocycles. The molecule has 0 amide bonds. The molecule has 100 valence electrons. The van der Waals surface area contributed by atoms with Gasteiger partial charge in [-0.15, -0.1) is 12.4 Å². The fraction of sp³-hybridized carbons (Fsp3) is 0.538. The first kappa shape index (κ1) is 13.9. The fourth-order valence-electron chi connectivity index (χ4n) is 2.80. The zero-order valence-electron chi connectivity index (χ0n) is 9.99. The predicted molar refractivity (Wildman–Crippen MR) is 73.7 cm³/mol. The van der Waals surface area contributed by atoms with Crippen LogP contribution in [0.2, 0.25) is 5.02 Å². The Morgan fingerprint density at radius 2 is 2.06 bits per heavy atom. The highest BCUT2D eigenvalue weighted by Gasteiger charge is 2.41. The Bertz CT molecular complexity index is 433. The van der Waals surface area contributed by atoms with E-state index in [0.717, 1.165) is 37.2 Å². The van der Waals surface area contributed by atoms with Gasteiger partial charge in [0.05, 0.1) is 6.10 Å². The number of fused-ring (bicyclic) bond motifs is 1. The standard InChI is InChI=1S/C13H16ClNO2.ClH/c14-9-1-2-12-10(7-9)11(16)8-13(17-12)3-5-15-6-4-13;/h1-2,7,11,15-16H,3-6,8H2;1H. The first-order valence-corrected chi connectivity index (χ1v) is 6.44. The SMILES string of the molecule is Cl.OC1CC2(CCNCC2)Oc2ccc(Cl)cc21. The van der Waals surface area contributed by atoms with Crippen LogP contribution in [0.25, 0.3) is 0 Å². The van der Waals surface area contributed by atoms with Crippen molar-refractivity contribution in [3.8, 4) is 5.75 Å². The summed E-state index contributed by atoms with van der Waals surface area (Å²) in [6.45, 7) is 1.91. The second-order valence-electron chi connectivity index (χ2n) is 4.94. The molecule has 1 spiro atoms. The summed E-state index contributed by atoms with van der Waals surface area (Å²) >= 11 is 5.94. The Balaban J connectivity index is 0.00000120. The van der Waals surface area contributed by atoms with Gasteiger partial charge in [0, 0.05) is 17.0 Å². The topological polar surface area (TPSA) is 41.5 Å². The average molecular weight is 290 g/mol. The van der Waals surface area contributed by atoms with Crippen molar-refractivity contribution in [2.75, 3.05) is 13.1 Å². The third-order valence-corrected chi connectivity index (χ3v) is 3.97. The first-order valence-electron chi connectivity index (χ1n) is 6.06. The molecule has 0 radical (unpaired) electrons. The summed E-state index contributed by atoms with van der Waals surface area (Å²) in [4.78, 5) is 0. The van der Waals surface area contributed by atoms with Crippen LogP contribution >= 0.6 is 24.0 Å². The number of aliphatic hydroxyl groups excluding tert-OH is 1. The Morgan fingerprint density at radius 3 is 2.78 bits per heavy atom. The van der Waals surface area contributed by atoms with Crippen molar-refractivity contribution >= 4 is 24.0 Å². The van der Waals surface area contributed by atoms with Gasteiger partial charge in [-0.2, -0.15) is 0 Å². The largest absolute Gasteiger partial charge is 0.487 e. The summed E-state index contributed by atoms with van der Waals surface area (Å²) < 4.78 is 6.13. The highest BCUT2D eigenvalue weighted by atomic mass is 35.5. The van der Waals surface area contributed by atoms with Gasteiger partial charge in [0.1, 0.15) is 11.4 Å². The van der Waals surface area contributed by atoms with Crippen molar-refractivity contribution in [2.24, 2.45) is 0 Å². The van der Waals surface area contributed by atoms with Gasteiger partial charge in [-0.25, -0.2) is 0 Å². The van der Waals surface area contributed by atoms with Crippen molar-refractivity contribution in [2.45, 2.75) is 31.0 Å². The zero-order valence-corrected chi connectivity index (χ0v) is 11.6. The van der Waals surface area contributed by atoms with Gasteiger partial charge < -0.3 is 15.2 Å². The summed E-state index contributed by atoms with van der Waals surface area (Å²) in [6.07, 6.45) is 2.11. The highest BCUT2D eigenvalue weighted by molar-refractivity contribution is 6.30. The molecular formula is C13H17Cl2NO2. The number of benzene rings is 1. The van der Waals surface area contributed by atoms with Gasteiger partial charge in [0.2, 0.25) is 0 Å². The molecule has 1 atom stereocenters. The van der Waals surface area contributed by atoms with Crippen LogP contribution in [0.5, 0.6) is 5.75 Å². The lowest BCUT2D eigenvalue weighted by atomic mass is 9.82. The summed E-state index contributed by atoms with van der Waals surface area (Å²) in [5, 5.41) is 14.2. The molecule has 0 aliphatic carbocycles. The smallest absolute Gasteiger partial charge is 0.126 e. The summed E-state index contributed by atoms with van der Waals surface area (Å²) in [5.74, 6) is 0.787. The van der Waals surface area contributed by atoms with E-state index in [2.05, 4.69) is 5.32 Å². The minimum Gasteiger partial charge on any atom is -0.487 e. The number of ether oxygens (including phenoxy) is 1. The van der Waals surface area contributed by atoms with Crippen molar-refractivity contribution in [1.82, 2.24) is 5.32 Å². The molecular weight excluding hydrogens is 273 g/mol. The lowest BCUT2D eigenvalue weighted by Gasteiger charge is -2.43. The summed E-state index contributed by atoms with van der Waals surface area (Å²) in [5.41, 5.74) is 0.632. The van der Waals surface area contributed by atoms with Crippen LogP contribution in [0, 0.1) is 0 Å². The molecule has 1 unspecified atom stereocenters. The molecule has 2 N–H and O–H groups in total. The summed E-state index contributed by atoms with van der Waals surface area (Å²) in [7, 11) is 0. The molecule has 5 heteroatoms. The number of hydrogen-bond donors (Lipinski definition) is 2. The van der Waals surface area contributed by atoms with Crippen molar-refractivity contribution in [3.63, 3.8) is 0 Å². The van der Waals surface area contributed by atoms with E-state index in [9.17, 15) is 5.11 Å². The van der Waals surface area contributed by atoms with Gasteiger partial charge in [-0.1, -0.05) is 11.6 Å². The fourth-order valence-corrected chi connectivity index (χ4v) is 2.98. The maximum absolute atomic E-state index is 10.2. The van der Waals surface area contributed by atoms with E-state index in [1.54, 1.807) is 6.07 Å². The van der Waals surface area contributed by atoms with E-state index in [1.807, 2.05) is 12.1 Å². The number of rotatable bonds is 0. The van der Waals surface area contributed by atoms with Gasteiger partial charge in [0.15, 0.2) is 0 Å². The second kappa shape index (κ2) is 5.25. The summed E-state index contributed by atoms with van der Waals surface area (Å²) in [6, 6.07) is 5.48. The maximum atomic E-state index is 10.2. The van der Waals surface area contributed by atoms with Gasteiger partial charge >= 0.3 is 0 Å². The minimum atomic E-state index is -0.462. The molecule has 2 aliphatic rings. The third kappa shape index (κ3) is 2.45. The number of nitrogens with one attached hydrogen (secondary N) is 1. The van der Waals surface area contributed by atoms with Crippen LogP contribution in [0.15, 0.2) is 18.2 Å². The number of aliphatic hydroxyl groups is 1. The molecule has 1 aromatic carbocycles. The van der Waals surface area contributed by atoms with Crippen molar-refractivity contribution < 1.29 is 9.84 Å². The van der Waals surface area contributed by atoms with Crippen LogP contribution in [-0.2, 0) is 0 Å². The van der Waals surface area contributed by atoms with Crippen LogP contribution < -0.4 is 10.1 Å². The molecule has 18 heavy (non-hydrogen) atoms. The normalized spacial score (nSPS) is 24.9. The van der Waals surface area contributed by atoms with Crippen molar-refractivity contribution in [1.29, 1.82) is 0 Å². The predicted octanol–water partition coefficient (Wildman–Crippen LogP) is 2.70. The van der Waals surface area contributed by atoms with Gasteiger partial charge in [-0.05, 0) is 44.1 Å². The van der Waals surface area contributed by atoms with E-state index in [4.69, 9.17) is 16.3 Å². The Kier molecular flexibility index (Phi) is 4.07. The highest BCUT2D eigenvalue weighted by Crippen LogP contribution is 2.44. The van der Waals surface area contributed by atoms with Crippen LogP contribution in [0.3, 0.4) is 0 Å². The quantitative estimate of drug-likeness (QED) is 0.772. The Labute approximate surface area is 118 Å². The molecule has 1 aromatic rings. The zero-order chi connectivity index (χ0) is 11.9. The monoisotopic (exact) mass is 289 g/mol. The Morgan fingerprint density at radius 1 is 1.33 bits per heavy atom. The lowest BCUT2D eigenvalue weighted by Crippen LogP contribution is -2.49. The number of halogens is 2. The van der Waals surface area contributed by atoms with Crippen molar-refractivity contribution in [3.05, 3.63) is 28.8 Å². The van der Waals surface area contributed by atoms with Crippen LogP contribution in [0.1, 0.15) is 30.9 Å². The average Bonchev–Trinajstić information content (AvgIpc) is 2.31.